The molecular formula is C17H19NOS. The van der Waals surface area contributed by atoms with Gasteiger partial charge in [0.1, 0.15) is 0 Å². The van der Waals surface area contributed by atoms with Gasteiger partial charge in [-0.2, -0.15) is 0 Å². The van der Waals surface area contributed by atoms with E-state index >= 15 is 0 Å². The van der Waals surface area contributed by atoms with Crippen LogP contribution >= 0.6 is 11.8 Å². The molecule has 2 rings (SSSR count). The molecule has 0 aliphatic rings. The minimum Gasteiger partial charge on any atom is -0.351 e. The van der Waals surface area contributed by atoms with E-state index < -0.39 is 0 Å². The quantitative estimate of drug-likeness (QED) is 0.668. The van der Waals surface area contributed by atoms with Gasteiger partial charge >= 0.3 is 0 Å². The van der Waals surface area contributed by atoms with Crippen molar-refractivity contribution in [2.75, 3.05) is 12.3 Å². The topological polar surface area (TPSA) is 29.1 Å². The molecule has 0 aromatic heterocycles. The number of amides is 1. The van der Waals surface area contributed by atoms with E-state index in [4.69, 9.17) is 0 Å². The maximum atomic E-state index is 12.0. The van der Waals surface area contributed by atoms with Crippen LogP contribution in [0.15, 0.2) is 53.4 Å². The molecule has 0 aliphatic heterocycles. The number of aryl methyl sites for hydroxylation is 2. The molecule has 1 N–H and O–H groups in total. The SMILES string of the molecule is Cc1ccc(C(=O)NCCSc2ccccc2)cc1C. The van der Waals surface area contributed by atoms with Crippen molar-refractivity contribution in [1.82, 2.24) is 5.32 Å². The molecule has 104 valence electrons. The lowest BCUT2D eigenvalue weighted by Crippen LogP contribution is -2.25. The third-order valence-corrected chi connectivity index (χ3v) is 4.18. The van der Waals surface area contributed by atoms with Crippen molar-refractivity contribution in [1.29, 1.82) is 0 Å². The van der Waals surface area contributed by atoms with Gasteiger partial charge in [0.15, 0.2) is 0 Å². The Labute approximate surface area is 124 Å². The van der Waals surface area contributed by atoms with E-state index in [0.717, 1.165) is 16.9 Å². The van der Waals surface area contributed by atoms with Crippen LogP contribution in [0.4, 0.5) is 0 Å². The summed E-state index contributed by atoms with van der Waals surface area (Å²) >= 11 is 1.75. The predicted molar refractivity (Wildman–Crippen MR) is 85.4 cm³/mol. The van der Waals surface area contributed by atoms with Crippen molar-refractivity contribution in [3.05, 3.63) is 65.2 Å². The zero-order valence-corrected chi connectivity index (χ0v) is 12.7. The largest absolute Gasteiger partial charge is 0.351 e. The fourth-order valence-electron chi connectivity index (χ4n) is 1.83. The Kier molecular flexibility index (Phi) is 5.24. The molecule has 2 aromatic carbocycles. The second-order valence-electron chi connectivity index (χ2n) is 4.72. The first kappa shape index (κ1) is 14.7. The van der Waals surface area contributed by atoms with Crippen LogP contribution in [-0.2, 0) is 0 Å². The number of nitrogens with one attached hydrogen (secondary N) is 1. The molecule has 2 aromatic rings. The van der Waals surface area contributed by atoms with Gasteiger partial charge < -0.3 is 5.32 Å². The number of carbonyl (C=O) groups excluding carboxylic acids is 1. The van der Waals surface area contributed by atoms with Gasteiger partial charge in [0.05, 0.1) is 0 Å². The number of hydrogen-bond donors (Lipinski definition) is 1. The number of thioether (sulfide) groups is 1. The minimum absolute atomic E-state index is 0.00163. The van der Waals surface area contributed by atoms with Gasteiger partial charge in [-0.15, -0.1) is 11.8 Å². The van der Waals surface area contributed by atoms with Crippen molar-refractivity contribution in [3.63, 3.8) is 0 Å². The van der Waals surface area contributed by atoms with E-state index in [9.17, 15) is 4.79 Å². The van der Waals surface area contributed by atoms with E-state index in [1.54, 1.807) is 11.8 Å². The molecule has 0 saturated carbocycles. The first-order valence-corrected chi connectivity index (χ1v) is 7.68. The Morgan fingerprint density at radius 1 is 1.05 bits per heavy atom. The normalized spacial score (nSPS) is 10.3. The van der Waals surface area contributed by atoms with E-state index in [-0.39, 0.29) is 5.91 Å². The summed E-state index contributed by atoms with van der Waals surface area (Å²) in [5.74, 6) is 0.877. The molecular weight excluding hydrogens is 266 g/mol. The van der Waals surface area contributed by atoms with Crippen molar-refractivity contribution in [2.45, 2.75) is 18.7 Å². The Balaban J connectivity index is 1.79. The summed E-state index contributed by atoms with van der Waals surface area (Å²) in [5.41, 5.74) is 3.09. The van der Waals surface area contributed by atoms with Gasteiger partial charge in [-0.25, -0.2) is 0 Å². The molecule has 0 radical (unpaired) electrons. The zero-order valence-electron chi connectivity index (χ0n) is 11.8. The summed E-state index contributed by atoms with van der Waals surface area (Å²) < 4.78 is 0. The van der Waals surface area contributed by atoms with Crippen molar-refractivity contribution < 1.29 is 4.79 Å². The third-order valence-electron chi connectivity index (χ3n) is 3.17. The van der Waals surface area contributed by atoms with E-state index in [2.05, 4.69) is 17.4 Å². The summed E-state index contributed by atoms with van der Waals surface area (Å²) in [5, 5.41) is 2.96. The Morgan fingerprint density at radius 2 is 1.80 bits per heavy atom. The second-order valence-corrected chi connectivity index (χ2v) is 5.88. The maximum Gasteiger partial charge on any atom is 0.251 e. The van der Waals surface area contributed by atoms with Crippen molar-refractivity contribution in [2.24, 2.45) is 0 Å². The summed E-state index contributed by atoms with van der Waals surface area (Å²) in [6.07, 6.45) is 0. The van der Waals surface area contributed by atoms with Gasteiger partial charge in [-0.3, -0.25) is 4.79 Å². The number of benzene rings is 2. The molecule has 0 spiro atoms. The maximum absolute atomic E-state index is 12.0. The van der Waals surface area contributed by atoms with Crippen LogP contribution in [-0.4, -0.2) is 18.2 Å². The number of hydrogen-bond acceptors (Lipinski definition) is 2. The fraction of sp³-hybridized carbons (Fsp3) is 0.235. The smallest absolute Gasteiger partial charge is 0.251 e. The lowest BCUT2D eigenvalue weighted by molar-refractivity contribution is 0.0956. The molecule has 0 heterocycles. The van der Waals surface area contributed by atoms with Crippen LogP contribution in [0.25, 0.3) is 0 Å². The van der Waals surface area contributed by atoms with Crippen LogP contribution in [0.1, 0.15) is 21.5 Å². The van der Waals surface area contributed by atoms with Crippen molar-refractivity contribution in [3.8, 4) is 0 Å². The van der Waals surface area contributed by atoms with Gasteiger partial charge in [0, 0.05) is 22.8 Å². The highest BCUT2D eigenvalue weighted by atomic mass is 32.2. The lowest BCUT2D eigenvalue weighted by atomic mass is 10.1. The van der Waals surface area contributed by atoms with Crippen LogP contribution in [0.5, 0.6) is 0 Å². The van der Waals surface area contributed by atoms with Crippen LogP contribution in [0, 0.1) is 13.8 Å². The monoisotopic (exact) mass is 285 g/mol. The molecule has 0 fully saturated rings. The molecule has 2 nitrogen and oxygen atoms in total. The fourth-order valence-corrected chi connectivity index (χ4v) is 2.62. The zero-order chi connectivity index (χ0) is 14.4. The summed E-state index contributed by atoms with van der Waals surface area (Å²) in [7, 11) is 0. The minimum atomic E-state index is 0.00163. The molecule has 1 amide bonds. The molecule has 20 heavy (non-hydrogen) atoms. The molecule has 0 aliphatic carbocycles. The van der Waals surface area contributed by atoms with Gasteiger partial charge in [0.2, 0.25) is 0 Å². The van der Waals surface area contributed by atoms with Gasteiger partial charge in [-0.05, 0) is 49.2 Å². The Morgan fingerprint density at radius 3 is 2.50 bits per heavy atom. The highest BCUT2D eigenvalue weighted by molar-refractivity contribution is 7.99. The van der Waals surface area contributed by atoms with Gasteiger partial charge in [0.25, 0.3) is 5.91 Å². The molecule has 0 atom stereocenters. The average molecular weight is 285 g/mol. The lowest BCUT2D eigenvalue weighted by Gasteiger charge is -2.07. The molecule has 0 saturated heterocycles. The summed E-state index contributed by atoms with van der Waals surface area (Å²) in [6.45, 7) is 4.75. The first-order chi connectivity index (χ1) is 9.66. The Hall–Kier alpha value is -1.74. The van der Waals surface area contributed by atoms with E-state index in [1.165, 1.54) is 10.5 Å². The van der Waals surface area contributed by atoms with Gasteiger partial charge in [-0.1, -0.05) is 24.3 Å². The number of rotatable bonds is 5. The van der Waals surface area contributed by atoms with E-state index in [1.807, 2.05) is 50.2 Å². The molecule has 3 heteroatoms. The standard InChI is InChI=1S/C17H19NOS/c1-13-8-9-15(12-14(13)2)17(19)18-10-11-20-16-6-4-3-5-7-16/h3-9,12H,10-11H2,1-2H3,(H,18,19). The first-order valence-electron chi connectivity index (χ1n) is 6.70. The predicted octanol–water partition coefficient (Wildman–Crippen LogP) is 3.83. The highest BCUT2D eigenvalue weighted by Crippen LogP contribution is 2.16. The van der Waals surface area contributed by atoms with Crippen molar-refractivity contribution >= 4 is 17.7 Å². The average Bonchev–Trinajstić information content (AvgIpc) is 2.47. The van der Waals surface area contributed by atoms with Crippen LogP contribution in [0.2, 0.25) is 0 Å². The molecule has 0 unspecified atom stereocenters. The number of carbonyl (C=O) groups is 1. The van der Waals surface area contributed by atoms with Crippen LogP contribution in [0.3, 0.4) is 0 Å². The third kappa shape index (κ3) is 4.14. The highest BCUT2D eigenvalue weighted by Gasteiger charge is 2.05. The van der Waals surface area contributed by atoms with Crippen LogP contribution < -0.4 is 5.32 Å². The molecule has 0 bridgehead atoms. The summed E-state index contributed by atoms with van der Waals surface area (Å²) in [4.78, 5) is 13.2. The summed E-state index contributed by atoms with van der Waals surface area (Å²) in [6, 6.07) is 16.0. The van der Waals surface area contributed by atoms with E-state index in [0.29, 0.717) is 6.54 Å². The Bertz CT molecular complexity index is 581. The second kappa shape index (κ2) is 7.15.